The summed E-state index contributed by atoms with van der Waals surface area (Å²) in [6.45, 7) is 3.70. The van der Waals surface area contributed by atoms with E-state index < -0.39 is 0 Å². The quantitative estimate of drug-likeness (QED) is 0.429. The Balaban J connectivity index is 0.000000208. The number of hydrogen-bond donors (Lipinski definition) is 4. The number of aromatic nitrogens is 4. The van der Waals surface area contributed by atoms with Gasteiger partial charge in [0, 0.05) is 58.0 Å². The maximum atomic E-state index is 10.6. The van der Waals surface area contributed by atoms with Gasteiger partial charge in [-0.2, -0.15) is 4.98 Å². The summed E-state index contributed by atoms with van der Waals surface area (Å²) in [4.78, 5) is 47.5. The number of nitrogen functional groups attached to an aromatic ring is 2. The number of H-pyrrole nitrogens is 2. The lowest BCUT2D eigenvalue weighted by molar-refractivity contribution is -0.127. The Morgan fingerprint density at radius 3 is 1.81 bits per heavy atom. The second kappa shape index (κ2) is 13.1. The van der Waals surface area contributed by atoms with E-state index in [-0.39, 0.29) is 11.5 Å². The van der Waals surface area contributed by atoms with Crippen LogP contribution in [-0.4, -0.2) is 68.7 Å². The fourth-order valence-corrected chi connectivity index (χ4v) is 2.81. The van der Waals surface area contributed by atoms with Crippen LogP contribution in [0.3, 0.4) is 0 Å². The summed E-state index contributed by atoms with van der Waals surface area (Å²) in [7, 11) is 3.69. The normalized spacial score (nSPS) is 14.7. The molecule has 6 N–H and O–H groups in total. The molecule has 2 fully saturated rings. The van der Waals surface area contributed by atoms with E-state index in [0.29, 0.717) is 22.4 Å². The summed E-state index contributed by atoms with van der Waals surface area (Å²) < 4.78 is 0.375. The second-order valence-corrected chi connectivity index (χ2v) is 7.36. The first-order chi connectivity index (χ1) is 14.6. The largest absolute Gasteiger partial charge is 0.384 e. The topological polar surface area (TPSA) is 167 Å². The summed E-state index contributed by atoms with van der Waals surface area (Å²) in [5.74, 6) is 1.20. The van der Waals surface area contributed by atoms with E-state index >= 15 is 0 Å². The van der Waals surface area contributed by atoms with Crippen molar-refractivity contribution < 1.29 is 9.59 Å². The van der Waals surface area contributed by atoms with E-state index in [0.717, 1.165) is 44.5 Å². The first kappa shape index (κ1) is 25.8. The van der Waals surface area contributed by atoms with Crippen LogP contribution in [-0.2, 0) is 9.59 Å². The lowest BCUT2D eigenvalue weighted by atomic mass is 10.4. The molecule has 0 spiro atoms. The van der Waals surface area contributed by atoms with Crippen LogP contribution in [0.25, 0.3) is 0 Å². The van der Waals surface area contributed by atoms with Crippen molar-refractivity contribution >= 4 is 35.8 Å². The predicted molar refractivity (Wildman–Crippen MR) is 122 cm³/mol. The van der Waals surface area contributed by atoms with Gasteiger partial charge in [0.05, 0.1) is 0 Å². The lowest BCUT2D eigenvalue weighted by Crippen LogP contribution is -2.17. The average molecular weight is 451 g/mol. The Morgan fingerprint density at radius 2 is 1.55 bits per heavy atom. The first-order valence-electron chi connectivity index (χ1n) is 9.70. The molecule has 11 nitrogen and oxygen atoms in total. The summed E-state index contributed by atoms with van der Waals surface area (Å²) >= 11 is 4.68. The zero-order valence-electron chi connectivity index (χ0n) is 18.1. The van der Waals surface area contributed by atoms with E-state index in [9.17, 15) is 14.4 Å². The maximum absolute atomic E-state index is 10.6. The number of hydrogen-bond acceptors (Lipinski definition) is 8. The zero-order chi connectivity index (χ0) is 23.4. The highest BCUT2D eigenvalue weighted by Gasteiger charge is 2.14. The molecule has 0 bridgehead atoms. The van der Waals surface area contributed by atoms with Crippen molar-refractivity contribution in [3.8, 4) is 0 Å². The number of nitrogens with zero attached hydrogens (tertiary/aromatic N) is 4. The van der Waals surface area contributed by atoms with Crippen LogP contribution in [0.5, 0.6) is 0 Å². The number of amides is 2. The molecule has 0 aliphatic carbocycles. The number of aromatic amines is 2. The molecule has 0 saturated carbocycles. The highest BCUT2D eigenvalue weighted by atomic mass is 32.1. The average Bonchev–Trinajstić information content (AvgIpc) is 3.22. The number of carbonyl (C=O) groups is 2. The predicted octanol–water partition coefficient (Wildman–Crippen LogP) is 0.859. The van der Waals surface area contributed by atoms with Gasteiger partial charge in [-0.25, -0.2) is 4.98 Å². The molecule has 2 aliphatic rings. The molecule has 170 valence electrons. The molecule has 12 heteroatoms. The smallest absolute Gasteiger partial charge is 0.251 e. The Bertz CT molecular complexity index is 905. The summed E-state index contributed by atoms with van der Waals surface area (Å²) in [6.07, 6.45) is 5.13. The van der Waals surface area contributed by atoms with Crippen molar-refractivity contribution in [2.24, 2.45) is 0 Å². The van der Waals surface area contributed by atoms with E-state index in [2.05, 4.69) is 32.2 Å². The summed E-state index contributed by atoms with van der Waals surface area (Å²) in [6, 6.07) is 3.03. The molecule has 0 aromatic carbocycles. The van der Waals surface area contributed by atoms with E-state index in [1.807, 2.05) is 14.1 Å². The van der Waals surface area contributed by atoms with Crippen molar-refractivity contribution in [2.45, 2.75) is 32.6 Å². The molecule has 2 saturated heterocycles. The van der Waals surface area contributed by atoms with Gasteiger partial charge in [0.15, 0.2) is 4.77 Å². The Morgan fingerprint density at radius 1 is 1.00 bits per heavy atom. The third-order valence-corrected chi connectivity index (χ3v) is 4.41. The number of likely N-dealkylation sites (tertiary alicyclic amines) is 2. The molecule has 0 radical (unpaired) electrons. The number of nitrogens with one attached hydrogen (secondary N) is 2. The van der Waals surface area contributed by atoms with Crippen molar-refractivity contribution in [2.75, 3.05) is 38.7 Å². The molecule has 0 atom stereocenters. The number of anilines is 2. The van der Waals surface area contributed by atoms with Crippen LogP contribution in [0.1, 0.15) is 31.4 Å². The molecule has 4 heterocycles. The van der Waals surface area contributed by atoms with Gasteiger partial charge in [0.1, 0.15) is 5.82 Å². The van der Waals surface area contributed by atoms with Gasteiger partial charge < -0.3 is 26.3 Å². The number of nitrogens with two attached hydrogens (primary N) is 2. The van der Waals surface area contributed by atoms with Crippen LogP contribution < -0.4 is 17.0 Å². The van der Waals surface area contributed by atoms with E-state index in [1.165, 1.54) is 12.3 Å². The van der Waals surface area contributed by atoms with Crippen LogP contribution in [0.4, 0.5) is 11.8 Å². The number of rotatable bonds is 0. The summed E-state index contributed by atoms with van der Waals surface area (Å²) in [5.41, 5.74) is 11.0. The Kier molecular flexibility index (Phi) is 10.9. The fourth-order valence-electron chi connectivity index (χ4n) is 2.55. The SMILES string of the molecule is CN1CCCC1=O.CN1CCCC1=O.Cc1cc(=O)[nH]c(=S)[nH]1.Nc1ccnc(N)n1. The van der Waals surface area contributed by atoms with Gasteiger partial charge in [-0.1, -0.05) is 0 Å². The molecule has 31 heavy (non-hydrogen) atoms. The minimum absolute atomic E-state index is 0.156. The molecule has 2 amide bonds. The highest BCUT2D eigenvalue weighted by Crippen LogP contribution is 2.05. The third kappa shape index (κ3) is 10.9. The molecule has 2 aliphatic heterocycles. The van der Waals surface area contributed by atoms with E-state index in [1.54, 1.807) is 22.8 Å². The number of carbonyl (C=O) groups excluding carboxylic acids is 2. The molecule has 0 unspecified atom stereocenters. The highest BCUT2D eigenvalue weighted by molar-refractivity contribution is 7.71. The van der Waals surface area contributed by atoms with Crippen molar-refractivity contribution in [3.63, 3.8) is 0 Å². The minimum atomic E-state index is -0.156. The molecule has 4 rings (SSSR count). The molecule has 2 aromatic heterocycles. The van der Waals surface area contributed by atoms with Crippen molar-refractivity contribution in [1.82, 2.24) is 29.7 Å². The zero-order valence-corrected chi connectivity index (χ0v) is 18.9. The van der Waals surface area contributed by atoms with Gasteiger partial charge in [-0.15, -0.1) is 0 Å². The van der Waals surface area contributed by atoms with Crippen LogP contribution in [0.2, 0.25) is 0 Å². The van der Waals surface area contributed by atoms with Gasteiger partial charge in [0.2, 0.25) is 17.8 Å². The monoisotopic (exact) mass is 450 g/mol. The minimum Gasteiger partial charge on any atom is -0.384 e. The molecular formula is C19H30N8O3S. The Hall–Kier alpha value is -3.28. The Labute approximate surface area is 185 Å². The van der Waals surface area contributed by atoms with Gasteiger partial charge >= 0.3 is 0 Å². The van der Waals surface area contributed by atoms with Crippen LogP contribution in [0, 0.1) is 11.7 Å². The molecular weight excluding hydrogens is 420 g/mol. The van der Waals surface area contributed by atoms with E-state index in [4.69, 9.17) is 11.5 Å². The molecule has 2 aromatic rings. The van der Waals surface area contributed by atoms with Crippen LogP contribution >= 0.6 is 12.2 Å². The van der Waals surface area contributed by atoms with Gasteiger partial charge in [-0.05, 0) is 38.0 Å². The fraction of sp³-hybridized carbons (Fsp3) is 0.474. The standard InChI is InChI=1S/C5H6N2OS.2C5H9NO.C4H6N4/c1-3-2-4(8)7-5(9)6-3;2*1-6-4-2-3-5(6)7;5-3-1-2-7-4(6)8-3/h2H,1H3,(H2,6,7,8,9);2*2-4H2,1H3;1-2H,(H4,5,6,7,8). The second-order valence-electron chi connectivity index (χ2n) is 6.95. The van der Waals surface area contributed by atoms with Crippen molar-refractivity contribution in [1.29, 1.82) is 0 Å². The van der Waals surface area contributed by atoms with Crippen LogP contribution in [0.15, 0.2) is 23.1 Å². The van der Waals surface area contributed by atoms with Gasteiger partial charge in [0.25, 0.3) is 5.56 Å². The maximum Gasteiger partial charge on any atom is 0.251 e. The van der Waals surface area contributed by atoms with Gasteiger partial charge in [-0.3, -0.25) is 19.4 Å². The first-order valence-corrected chi connectivity index (χ1v) is 10.1. The summed E-state index contributed by atoms with van der Waals surface area (Å²) in [5, 5.41) is 0. The van der Waals surface area contributed by atoms with Crippen molar-refractivity contribution in [3.05, 3.63) is 39.1 Å². The third-order valence-electron chi connectivity index (χ3n) is 4.21. The lowest BCUT2D eigenvalue weighted by Gasteiger charge is -2.03. The number of aryl methyl sites for hydroxylation is 1.